The van der Waals surface area contributed by atoms with E-state index in [1.165, 1.54) is 12.8 Å². The first-order valence-electron chi connectivity index (χ1n) is 7.72. The maximum absolute atomic E-state index is 12.1. The van der Waals surface area contributed by atoms with Crippen molar-refractivity contribution in [1.82, 2.24) is 5.32 Å². The van der Waals surface area contributed by atoms with Crippen LogP contribution in [0.3, 0.4) is 0 Å². The maximum Gasteiger partial charge on any atom is 0.223 e. The summed E-state index contributed by atoms with van der Waals surface area (Å²) in [5.41, 5.74) is 0. The Morgan fingerprint density at radius 1 is 1.21 bits per heavy atom. The van der Waals surface area contributed by atoms with Crippen LogP contribution in [0.5, 0.6) is 0 Å². The minimum atomic E-state index is -0.367. The zero-order valence-corrected chi connectivity index (χ0v) is 11.9. The quantitative estimate of drug-likeness (QED) is 0.799. The lowest BCUT2D eigenvalue weighted by Gasteiger charge is -2.27. The molecule has 2 fully saturated rings. The Labute approximate surface area is 115 Å². The summed E-state index contributed by atoms with van der Waals surface area (Å²) in [4.78, 5) is 12.1. The van der Waals surface area contributed by atoms with Gasteiger partial charge in [-0.15, -0.1) is 0 Å². The Bertz CT molecular complexity index is 283. The van der Waals surface area contributed by atoms with Crippen molar-refractivity contribution in [3.05, 3.63) is 0 Å². The Hall–Kier alpha value is -0.610. The number of carbonyl (C=O) groups is 1. The standard InChI is InChI=1S/C15H27NO3/c1-11(12-6-8-19-9-7-12)15(18)16-10-14(17)13-4-2-3-5-13/h11-14,17H,2-10H2,1H3,(H,16,18). The van der Waals surface area contributed by atoms with Crippen LogP contribution in [0.2, 0.25) is 0 Å². The van der Waals surface area contributed by atoms with Gasteiger partial charge in [0.1, 0.15) is 0 Å². The highest BCUT2D eigenvalue weighted by molar-refractivity contribution is 5.78. The minimum absolute atomic E-state index is 0.0275. The van der Waals surface area contributed by atoms with E-state index in [-0.39, 0.29) is 17.9 Å². The number of aliphatic hydroxyl groups is 1. The lowest BCUT2D eigenvalue weighted by atomic mass is 9.86. The molecule has 0 aromatic rings. The van der Waals surface area contributed by atoms with E-state index in [9.17, 15) is 9.90 Å². The molecular formula is C15H27NO3. The molecule has 4 nitrogen and oxygen atoms in total. The lowest BCUT2D eigenvalue weighted by Crippen LogP contribution is -2.40. The van der Waals surface area contributed by atoms with Crippen LogP contribution in [0.15, 0.2) is 0 Å². The molecule has 1 aliphatic heterocycles. The van der Waals surface area contributed by atoms with Crippen LogP contribution >= 0.6 is 0 Å². The van der Waals surface area contributed by atoms with E-state index in [4.69, 9.17) is 4.74 Å². The fourth-order valence-electron chi connectivity index (χ4n) is 3.30. The molecule has 1 saturated heterocycles. The largest absolute Gasteiger partial charge is 0.391 e. The smallest absolute Gasteiger partial charge is 0.223 e. The molecule has 1 heterocycles. The molecule has 0 radical (unpaired) electrons. The molecule has 1 amide bonds. The zero-order valence-electron chi connectivity index (χ0n) is 11.9. The monoisotopic (exact) mass is 269 g/mol. The van der Waals surface area contributed by atoms with Crippen molar-refractivity contribution in [3.63, 3.8) is 0 Å². The van der Waals surface area contributed by atoms with Gasteiger partial charge in [0.2, 0.25) is 5.91 Å². The van der Waals surface area contributed by atoms with Crippen LogP contribution < -0.4 is 5.32 Å². The summed E-state index contributed by atoms with van der Waals surface area (Å²) in [6.45, 7) is 3.95. The average molecular weight is 269 g/mol. The molecule has 2 atom stereocenters. The van der Waals surface area contributed by atoms with Crippen LogP contribution in [-0.4, -0.2) is 36.9 Å². The number of nitrogens with one attached hydrogen (secondary N) is 1. The summed E-state index contributed by atoms with van der Waals surface area (Å²) in [5.74, 6) is 0.930. The average Bonchev–Trinajstić information content (AvgIpc) is 2.98. The molecule has 0 aromatic carbocycles. The fraction of sp³-hybridized carbons (Fsp3) is 0.933. The van der Waals surface area contributed by atoms with Gasteiger partial charge in [0.25, 0.3) is 0 Å². The molecule has 2 aliphatic rings. The van der Waals surface area contributed by atoms with E-state index < -0.39 is 0 Å². The summed E-state index contributed by atoms with van der Waals surface area (Å²) in [7, 11) is 0. The van der Waals surface area contributed by atoms with Crippen molar-refractivity contribution in [2.75, 3.05) is 19.8 Å². The summed E-state index contributed by atoms with van der Waals surface area (Å²) in [6, 6.07) is 0. The predicted molar refractivity (Wildman–Crippen MR) is 73.7 cm³/mol. The summed E-state index contributed by atoms with van der Waals surface area (Å²) in [5, 5.41) is 13.0. The summed E-state index contributed by atoms with van der Waals surface area (Å²) in [6.07, 6.45) is 6.22. The molecule has 0 bridgehead atoms. The highest BCUT2D eigenvalue weighted by atomic mass is 16.5. The molecule has 0 aromatic heterocycles. The van der Waals surface area contributed by atoms with E-state index in [1.54, 1.807) is 0 Å². The maximum atomic E-state index is 12.1. The first kappa shape index (κ1) is 14.8. The number of carbonyl (C=O) groups excluding carboxylic acids is 1. The molecule has 1 saturated carbocycles. The van der Waals surface area contributed by atoms with Gasteiger partial charge in [0.15, 0.2) is 0 Å². The highest BCUT2D eigenvalue weighted by Gasteiger charge is 2.27. The highest BCUT2D eigenvalue weighted by Crippen LogP contribution is 2.27. The van der Waals surface area contributed by atoms with Gasteiger partial charge in [-0.1, -0.05) is 19.8 Å². The molecule has 2 unspecified atom stereocenters. The second-order valence-electron chi connectivity index (χ2n) is 6.10. The van der Waals surface area contributed by atoms with E-state index in [0.29, 0.717) is 18.4 Å². The van der Waals surface area contributed by atoms with Crippen molar-refractivity contribution in [2.24, 2.45) is 17.8 Å². The first-order valence-corrected chi connectivity index (χ1v) is 7.72. The Morgan fingerprint density at radius 2 is 1.84 bits per heavy atom. The number of aliphatic hydroxyl groups excluding tert-OH is 1. The van der Waals surface area contributed by atoms with Gasteiger partial charge in [-0.2, -0.15) is 0 Å². The van der Waals surface area contributed by atoms with Gasteiger partial charge in [0, 0.05) is 25.7 Å². The fourth-order valence-corrected chi connectivity index (χ4v) is 3.30. The number of ether oxygens (including phenoxy) is 1. The van der Waals surface area contributed by atoms with Crippen LogP contribution in [0, 0.1) is 17.8 Å². The molecule has 110 valence electrons. The third-order valence-electron chi connectivity index (χ3n) is 4.82. The summed E-state index contributed by atoms with van der Waals surface area (Å²) < 4.78 is 5.32. The molecule has 4 heteroatoms. The number of amides is 1. The third kappa shape index (κ3) is 4.18. The molecule has 2 rings (SSSR count). The van der Waals surface area contributed by atoms with Crippen molar-refractivity contribution in [3.8, 4) is 0 Å². The van der Waals surface area contributed by atoms with Crippen molar-refractivity contribution >= 4 is 5.91 Å². The third-order valence-corrected chi connectivity index (χ3v) is 4.82. The topological polar surface area (TPSA) is 58.6 Å². The molecular weight excluding hydrogens is 242 g/mol. The molecule has 1 aliphatic carbocycles. The van der Waals surface area contributed by atoms with Gasteiger partial charge >= 0.3 is 0 Å². The van der Waals surface area contributed by atoms with Crippen molar-refractivity contribution in [1.29, 1.82) is 0 Å². The number of hydrogen-bond acceptors (Lipinski definition) is 3. The Balaban J connectivity index is 1.70. The van der Waals surface area contributed by atoms with Crippen LogP contribution in [-0.2, 0) is 9.53 Å². The van der Waals surface area contributed by atoms with Crippen LogP contribution in [0.4, 0.5) is 0 Å². The normalized spacial score (nSPS) is 25.2. The zero-order chi connectivity index (χ0) is 13.7. The number of rotatable bonds is 5. The Morgan fingerprint density at radius 3 is 2.47 bits per heavy atom. The van der Waals surface area contributed by atoms with Gasteiger partial charge in [-0.3, -0.25) is 4.79 Å². The predicted octanol–water partition coefficient (Wildman–Crippen LogP) is 1.72. The SMILES string of the molecule is CC(C(=O)NCC(O)C1CCCC1)C1CCOCC1. The molecule has 0 spiro atoms. The van der Waals surface area contributed by atoms with Gasteiger partial charge < -0.3 is 15.2 Å². The van der Waals surface area contributed by atoms with E-state index in [2.05, 4.69) is 5.32 Å². The second-order valence-corrected chi connectivity index (χ2v) is 6.10. The number of hydrogen-bond donors (Lipinski definition) is 2. The summed E-state index contributed by atoms with van der Waals surface area (Å²) >= 11 is 0. The van der Waals surface area contributed by atoms with E-state index in [0.717, 1.165) is 38.9 Å². The minimum Gasteiger partial charge on any atom is -0.391 e. The molecule has 2 N–H and O–H groups in total. The Kier molecular flexibility index (Phi) is 5.64. The van der Waals surface area contributed by atoms with Crippen molar-refractivity contribution < 1.29 is 14.6 Å². The van der Waals surface area contributed by atoms with Gasteiger partial charge in [0.05, 0.1) is 6.10 Å². The van der Waals surface area contributed by atoms with Crippen molar-refractivity contribution in [2.45, 2.75) is 51.6 Å². The van der Waals surface area contributed by atoms with E-state index >= 15 is 0 Å². The lowest BCUT2D eigenvalue weighted by molar-refractivity contribution is -0.127. The van der Waals surface area contributed by atoms with Gasteiger partial charge in [-0.25, -0.2) is 0 Å². The molecule has 19 heavy (non-hydrogen) atoms. The van der Waals surface area contributed by atoms with E-state index in [1.807, 2.05) is 6.92 Å². The second kappa shape index (κ2) is 7.25. The van der Waals surface area contributed by atoms with Crippen LogP contribution in [0.1, 0.15) is 45.4 Å². The van der Waals surface area contributed by atoms with Gasteiger partial charge in [-0.05, 0) is 37.5 Å². The van der Waals surface area contributed by atoms with Crippen LogP contribution in [0.25, 0.3) is 0 Å². The first-order chi connectivity index (χ1) is 9.18.